The van der Waals surface area contributed by atoms with Crippen LogP contribution in [-0.4, -0.2) is 5.11 Å². The standard InChI is InChI=1S/C6H5BrClO/c7-4-2-1-3-5(9)6(4)8/h2-3,9H,1H2. The van der Waals surface area contributed by atoms with Gasteiger partial charge in [-0.25, -0.2) is 0 Å². The Hall–Kier alpha value is 0.0500. The Morgan fingerprint density at radius 3 is 2.78 bits per heavy atom. The van der Waals surface area contributed by atoms with Crippen molar-refractivity contribution in [3.05, 3.63) is 27.8 Å². The summed E-state index contributed by atoms with van der Waals surface area (Å²) in [6, 6.07) is 0. The molecule has 0 amide bonds. The molecule has 1 N–H and O–H groups in total. The molecule has 0 aromatic rings. The lowest BCUT2D eigenvalue weighted by Gasteiger charge is -2.06. The molecule has 1 aliphatic carbocycles. The predicted molar refractivity (Wildman–Crippen MR) is 41.4 cm³/mol. The van der Waals surface area contributed by atoms with Crippen molar-refractivity contribution >= 4 is 27.5 Å². The van der Waals surface area contributed by atoms with Crippen molar-refractivity contribution in [1.29, 1.82) is 0 Å². The lowest BCUT2D eigenvalue weighted by molar-refractivity contribution is 0.425. The molecule has 1 radical (unpaired) electrons. The van der Waals surface area contributed by atoms with Gasteiger partial charge in [-0.1, -0.05) is 27.5 Å². The summed E-state index contributed by atoms with van der Waals surface area (Å²) < 4.78 is 0.768. The summed E-state index contributed by atoms with van der Waals surface area (Å²) in [4.78, 5) is 0. The van der Waals surface area contributed by atoms with Gasteiger partial charge in [-0.15, -0.1) is 0 Å². The maximum atomic E-state index is 8.97. The van der Waals surface area contributed by atoms with Gasteiger partial charge in [0.2, 0.25) is 0 Å². The number of rotatable bonds is 0. The van der Waals surface area contributed by atoms with Gasteiger partial charge in [-0.3, -0.25) is 0 Å². The van der Waals surface area contributed by atoms with Crippen LogP contribution in [0.3, 0.4) is 0 Å². The molecule has 0 spiro atoms. The number of aliphatic hydroxyl groups excluding tert-OH is 1. The third-order valence-corrected chi connectivity index (χ3v) is 2.39. The van der Waals surface area contributed by atoms with Crippen molar-refractivity contribution < 1.29 is 5.11 Å². The Morgan fingerprint density at radius 1 is 1.67 bits per heavy atom. The van der Waals surface area contributed by atoms with E-state index in [1.807, 2.05) is 6.42 Å². The Balaban J connectivity index is 2.88. The Labute approximate surface area is 67.1 Å². The van der Waals surface area contributed by atoms with Crippen molar-refractivity contribution in [2.75, 3.05) is 0 Å². The number of allylic oxidation sites excluding steroid dienone is 3. The summed E-state index contributed by atoms with van der Waals surface area (Å²) in [6.45, 7) is 0. The molecule has 1 aliphatic rings. The highest BCUT2D eigenvalue weighted by atomic mass is 79.9. The second kappa shape index (κ2) is 2.76. The molecule has 0 atom stereocenters. The van der Waals surface area contributed by atoms with Crippen LogP contribution in [-0.2, 0) is 0 Å². The third-order valence-electron chi connectivity index (χ3n) is 1.04. The Bertz CT molecular complexity index is 183. The maximum absolute atomic E-state index is 8.97. The van der Waals surface area contributed by atoms with E-state index in [9.17, 15) is 0 Å². The normalized spacial score (nSPS) is 20.0. The van der Waals surface area contributed by atoms with Gasteiger partial charge in [-0.05, 0) is 12.5 Å². The van der Waals surface area contributed by atoms with Gasteiger partial charge in [0.15, 0.2) is 0 Å². The highest BCUT2D eigenvalue weighted by molar-refractivity contribution is 9.11. The van der Waals surface area contributed by atoms with Crippen molar-refractivity contribution in [1.82, 2.24) is 0 Å². The molecule has 0 fully saturated rings. The minimum Gasteiger partial charge on any atom is -0.507 e. The van der Waals surface area contributed by atoms with E-state index >= 15 is 0 Å². The van der Waals surface area contributed by atoms with Gasteiger partial charge in [0.25, 0.3) is 0 Å². The zero-order valence-electron chi connectivity index (χ0n) is 4.56. The molecule has 1 nitrogen and oxygen atoms in total. The van der Waals surface area contributed by atoms with E-state index in [1.165, 1.54) is 0 Å². The van der Waals surface area contributed by atoms with Crippen LogP contribution < -0.4 is 0 Å². The van der Waals surface area contributed by atoms with Crippen LogP contribution in [0.5, 0.6) is 0 Å². The molecule has 49 valence electrons. The van der Waals surface area contributed by atoms with Gasteiger partial charge < -0.3 is 5.11 Å². The number of hydrogen-bond acceptors (Lipinski definition) is 1. The quantitative estimate of drug-likeness (QED) is 0.649. The molecule has 0 saturated heterocycles. The van der Waals surface area contributed by atoms with E-state index in [2.05, 4.69) is 15.9 Å². The van der Waals surface area contributed by atoms with Crippen molar-refractivity contribution in [2.24, 2.45) is 0 Å². The zero-order chi connectivity index (χ0) is 6.85. The third kappa shape index (κ3) is 1.49. The van der Waals surface area contributed by atoms with E-state index in [1.54, 1.807) is 6.08 Å². The van der Waals surface area contributed by atoms with E-state index in [-0.39, 0.29) is 5.76 Å². The topological polar surface area (TPSA) is 20.2 Å². The lowest BCUT2D eigenvalue weighted by atomic mass is 10.2. The smallest absolute Gasteiger partial charge is 0.131 e. The first-order chi connectivity index (χ1) is 4.22. The van der Waals surface area contributed by atoms with E-state index in [0.717, 1.165) is 10.9 Å². The van der Waals surface area contributed by atoms with Gasteiger partial charge in [0.05, 0.1) is 5.03 Å². The van der Waals surface area contributed by atoms with Crippen LogP contribution in [0, 0.1) is 6.42 Å². The number of halogens is 2. The van der Waals surface area contributed by atoms with Crippen LogP contribution in [0.25, 0.3) is 0 Å². The molecule has 0 heterocycles. The predicted octanol–water partition coefficient (Wildman–Crippen LogP) is 2.88. The van der Waals surface area contributed by atoms with Crippen LogP contribution >= 0.6 is 27.5 Å². The maximum Gasteiger partial charge on any atom is 0.131 e. The second-order valence-corrected chi connectivity index (χ2v) is 2.92. The Morgan fingerprint density at radius 2 is 2.33 bits per heavy atom. The van der Waals surface area contributed by atoms with Crippen LogP contribution in [0.2, 0.25) is 0 Å². The molecule has 0 saturated carbocycles. The average molecular weight is 208 g/mol. The summed E-state index contributed by atoms with van der Waals surface area (Å²) in [5, 5.41) is 9.36. The molecule has 0 aromatic heterocycles. The molecule has 0 bridgehead atoms. The van der Waals surface area contributed by atoms with E-state index in [4.69, 9.17) is 16.7 Å². The van der Waals surface area contributed by atoms with Gasteiger partial charge in [0.1, 0.15) is 5.76 Å². The fourth-order valence-corrected chi connectivity index (χ4v) is 1.12. The number of hydrogen-bond donors (Lipinski definition) is 1. The van der Waals surface area contributed by atoms with Crippen LogP contribution in [0.15, 0.2) is 21.3 Å². The van der Waals surface area contributed by atoms with Gasteiger partial charge in [0, 0.05) is 10.9 Å². The first kappa shape index (κ1) is 7.16. The minimum absolute atomic E-state index is 0.158. The molecular formula is C6H5BrClO. The van der Waals surface area contributed by atoms with Crippen molar-refractivity contribution in [3.63, 3.8) is 0 Å². The molecular weight excluding hydrogens is 203 g/mol. The largest absolute Gasteiger partial charge is 0.507 e. The first-order valence-corrected chi connectivity index (χ1v) is 3.67. The summed E-state index contributed by atoms with van der Waals surface area (Å²) in [5.74, 6) is 0.158. The highest BCUT2D eigenvalue weighted by Crippen LogP contribution is 2.29. The molecule has 0 aliphatic heterocycles. The second-order valence-electron chi connectivity index (χ2n) is 1.69. The average Bonchev–Trinajstić information content (AvgIpc) is 1.83. The lowest BCUT2D eigenvalue weighted by Crippen LogP contribution is -1.91. The Kier molecular flexibility index (Phi) is 2.19. The highest BCUT2D eigenvalue weighted by Gasteiger charge is 2.09. The summed E-state index contributed by atoms with van der Waals surface area (Å²) in [5.41, 5.74) is 0. The van der Waals surface area contributed by atoms with E-state index < -0.39 is 0 Å². The van der Waals surface area contributed by atoms with Crippen LogP contribution in [0.1, 0.15) is 6.42 Å². The van der Waals surface area contributed by atoms with Crippen molar-refractivity contribution in [3.8, 4) is 0 Å². The number of aliphatic hydroxyl groups is 1. The SMILES string of the molecule is OC1=CC[CH]C(Br)=C1Cl. The molecule has 0 aromatic carbocycles. The fourth-order valence-electron chi connectivity index (χ4n) is 0.576. The molecule has 3 heteroatoms. The summed E-state index contributed by atoms with van der Waals surface area (Å²) in [7, 11) is 0. The zero-order valence-corrected chi connectivity index (χ0v) is 6.91. The summed E-state index contributed by atoms with van der Waals surface area (Å²) in [6.07, 6.45) is 4.29. The summed E-state index contributed by atoms with van der Waals surface area (Å²) >= 11 is 8.79. The fraction of sp³-hybridized carbons (Fsp3) is 0.167. The van der Waals surface area contributed by atoms with E-state index in [0.29, 0.717) is 5.03 Å². The molecule has 9 heavy (non-hydrogen) atoms. The van der Waals surface area contributed by atoms with Crippen LogP contribution in [0.4, 0.5) is 0 Å². The molecule has 1 rings (SSSR count). The van der Waals surface area contributed by atoms with Gasteiger partial charge in [-0.2, -0.15) is 0 Å². The first-order valence-electron chi connectivity index (χ1n) is 2.50. The van der Waals surface area contributed by atoms with Crippen molar-refractivity contribution in [2.45, 2.75) is 6.42 Å². The molecule has 0 unspecified atom stereocenters. The van der Waals surface area contributed by atoms with Gasteiger partial charge >= 0.3 is 0 Å². The minimum atomic E-state index is 0.158. The monoisotopic (exact) mass is 207 g/mol.